The largest absolute Gasteiger partial charge is 0.468 e. The third-order valence-corrected chi connectivity index (χ3v) is 7.14. The van der Waals surface area contributed by atoms with Crippen LogP contribution in [0, 0.1) is 10.1 Å². The molecule has 1 aliphatic rings. The van der Waals surface area contributed by atoms with Gasteiger partial charge in [-0.15, -0.1) is 0 Å². The van der Waals surface area contributed by atoms with Gasteiger partial charge in [0.05, 0.1) is 22.1 Å². The molecule has 1 aromatic carbocycles. The molecule has 1 aliphatic heterocycles. The first-order chi connectivity index (χ1) is 14.2. The second kappa shape index (κ2) is 9.13. The van der Waals surface area contributed by atoms with Gasteiger partial charge in [0, 0.05) is 38.8 Å². The van der Waals surface area contributed by atoms with Gasteiger partial charge >= 0.3 is 0 Å². The molecule has 1 saturated heterocycles. The summed E-state index contributed by atoms with van der Waals surface area (Å²) in [5.74, 6) is 0.726. The van der Waals surface area contributed by atoms with E-state index in [9.17, 15) is 18.5 Å². The van der Waals surface area contributed by atoms with Gasteiger partial charge < -0.3 is 14.6 Å². The standard InChI is InChI=1S/C19H27N5O5S/c1-21(2)18(19-5-4-12-29-19)14-20-16-7-6-15(13-17(16)24(25)26)30(27,28)23-10-8-22(3)9-11-23/h4-7,12-13,18,20H,8-11,14H2,1-3H3. The highest BCUT2D eigenvalue weighted by atomic mass is 32.2. The molecule has 0 aliphatic carbocycles. The Hall–Kier alpha value is -2.47. The average Bonchev–Trinajstić information content (AvgIpc) is 3.22. The van der Waals surface area contributed by atoms with Crippen molar-refractivity contribution in [1.29, 1.82) is 0 Å². The number of nitrogens with one attached hydrogen (secondary N) is 1. The van der Waals surface area contributed by atoms with Crippen LogP contribution in [-0.2, 0) is 10.0 Å². The summed E-state index contributed by atoms with van der Waals surface area (Å²) in [5.41, 5.74) is -0.0158. The maximum atomic E-state index is 12.9. The number of furan rings is 1. The predicted molar refractivity (Wildman–Crippen MR) is 113 cm³/mol. The molecule has 164 valence electrons. The SMILES string of the molecule is CN1CCN(S(=O)(=O)c2ccc(NCC(c3ccco3)N(C)C)c([N+](=O)[O-])c2)CC1. The van der Waals surface area contributed by atoms with Crippen molar-refractivity contribution in [3.05, 3.63) is 52.5 Å². The number of hydrogen-bond acceptors (Lipinski definition) is 8. The molecule has 0 radical (unpaired) electrons. The summed E-state index contributed by atoms with van der Waals surface area (Å²) in [6.45, 7) is 2.33. The Morgan fingerprint density at radius 2 is 1.93 bits per heavy atom. The van der Waals surface area contributed by atoms with E-state index in [4.69, 9.17) is 4.42 Å². The lowest BCUT2D eigenvalue weighted by Gasteiger charge is -2.31. The number of anilines is 1. The second-order valence-electron chi connectivity index (χ2n) is 7.52. The number of sulfonamides is 1. The summed E-state index contributed by atoms with van der Waals surface area (Å²) in [6.07, 6.45) is 1.58. The fraction of sp³-hybridized carbons (Fsp3) is 0.474. The molecule has 2 aromatic rings. The normalized spacial score (nSPS) is 17.2. The number of hydrogen-bond donors (Lipinski definition) is 1. The van der Waals surface area contributed by atoms with Crippen molar-refractivity contribution in [2.24, 2.45) is 0 Å². The van der Waals surface area contributed by atoms with Crippen molar-refractivity contribution < 1.29 is 17.8 Å². The first kappa shape index (κ1) is 22.2. The summed E-state index contributed by atoms with van der Waals surface area (Å²) in [6, 6.07) is 7.48. The molecular formula is C19H27N5O5S. The number of benzene rings is 1. The molecule has 11 heteroatoms. The van der Waals surface area contributed by atoms with E-state index >= 15 is 0 Å². The Morgan fingerprint density at radius 3 is 2.50 bits per heavy atom. The summed E-state index contributed by atoms with van der Waals surface area (Å²) in [4.78, 5) is 15.0. The molecule has 10 nitrogen and oxygen atoms in total. The van der Waals surface area contributed by atoms with Crippen LogP contribution in [0.25, 0.3) is 0 Å². The van der Waals surface area contributed by atoms with E-state index in [0.29, 0.717) is 32.7 Å². The predicted octanol–water partition coefficient (Wildman–Crippen LogP) is 1.84. The van der Waals surface area contributed by atoms with Crippen molar-refractivity contribution in [2.75, 3.05) is 59.2 Å². The van der Waals surface area contributed by atoms with Crippen LogP contribution in [0.4, 0.5) is 11.4 Å². The van der Waals surface area contributed by atoms with Crippen LogP contribution in [-0.4, -0.2) is 81.3 Å². The molecule has 3 rings (SSSR count). The third kappa shape index (κ3) is 4.81. The summed E-state index contributed by atoms with van der Waals surface area (Å²) in [7, 11) is 1.91. The van der Waals surface area contributed by atoms with Gasteiger partial charge in [-0.25, -0.2) is 8.42 Å². The highest BCUT2D eigenvalue weighted by molar-refractivity contribution is 7.89. The van der Waals surface area contributed by atoms with Crippen molar-refractivity contribution in [1.82, 2.24) is 14.1 Å². The minimum Gasteiger partial charge on any atom is -0.468 e. The zero-order valence-electron chi connectivity index (χ0n) is 17.3. The van der Waals surface area contributed by atoms with Crippen LogP contribution in [0.2, 0.25) is 0 Å². The molecule has 1 aromatic heterocycles. The van der Waals surface area contributed by atoms with E-state index in [1.165, 1.54) is 16.4 Å². The zero-order valence-corrected chi connectivity index (χ0v) is 18.1. The fourth-order valence-corrected chi connectivity index (χ4v) is 4.82. The first-order valence-corrected chi connectivity index (χ1v) is 11.0. The first-order valence-electron chi connectivity index (χ1n) is 9.61. The van der Waals surface area contributed by atoms with E-state index in [-0.39, 0.29) is 22.3 Å². The van der Waals surface area contributed by atoms with Crippen LogP contribution in [0.5, 0.6) is 0 Å². The Balaban J connectivity index is 1.82. The van der Waals surface area contributed by atoms with Gasteiger partial charge in [0.25, 0.3) is 5.69 Å². The number of piperazine rings is 1. The monoisotopic (exact) mass is 437 g/mol. The van der Waals surface area contributed by atoms with Gasteiger partial charge in [-0.3, -0.25) is 15.0 Å². The average molecular weight is 438 g/mol. The van der Waals surface area contributed by atoms with Crippen LogP contribution in [0.15, 0.2) is 45.9 Å². The Labute approximate surface area is 176 Å². The highest BCUT2D eigenvalue weighted by Gasteiger charge is 2.30. The molecule has 0 bridgehead atoms. The Bertz CT molecular complexity index is 969. The molecule has 0 saturated carbocycles. The third-order valence-electron chi connectivity index (χ3n) is 5.25. The van der Waals surface area contributed by atoms with Gasteiger partial charge in [0.15, 0.2) is 0 Å². The molecule has 30 heavy (non-hydrogen) atoms. The maximum Gasteiger partial charge on any atom is 0.293 e. The minimum absolute atomic E-state index is 0.0699. The van der Waals surface area contributed by atoms with E-state index in [0.717, 1.165) is 11.8 Å². The zero-order chi connectivity index (χ0) is 21.9. The number of nitro benzene ring substituents is 1. The molecule has 2 heterocycles. The van der Waals surface area contributed by atoms with Gasteiger partial charge in [0.1, 0.15) is 11.4 Å². The van der Waals surface area contributed by atoms with Gasteiger partial charge in [-0.2, -0.15) is 4.31 Å². The molecule has 0 amide bonds. The fourth-order valence-electron chi connectivity index (χ4n) is 3.38. The van der Waals surface area contributed by atoms with Crippen molar-refractivity contribution >= 4 is 21.4 Å². The summed E-state index contributed by atoms with van der Waals surface area (Å²) >= 11 is 0. The smallest absolute Gasteiger partial charge is 0.293 e. The number of nitrogens with zero attached hydrogens (tertiary/aromatic N) is 4. The lowest BCUT2D eigenvalue weighted by atomic mass is 10.2. The minimum atomic E-state index is -3.79. The maximum absolute atomic E-state index is 12.9. The van der Waals surface area contributed by atoms with Crippen LogP contribution in [0.3, 0.4) is 0 Å². The second-order valence-corrected chi connectivity index (χ2v) is 9.46. The molecule has 1 fully saturated rings. The van der Waals surface area contributed by atoms with E-state index in [1.54, 1.807) is 12.3 Å². The number of likely N-dealkylation sites (N-methyl/N-ethyl adjacent to an activating group) is 2. The molecule has 1 unspecified atom stereocenters. The van der Waals surface area contributed by atoms with Crippen molar-refractivity contribution in [3.8, 4) is 0 Å². The Kier molecular flexibility index (Phi) is 6.76. The molecule has 1 atom stereocenters. The lowest BCUT2D eigenvalue weighted by molar-refractivity contribution is -0.384. The van der Waals surface area contributed by atoms with E-state index in [2.05, 4.69) is 5.32 Å². The molecular weight excluding hydrogens is 410 g/mol. The summed E-state index contributed by atoms with van der Waals surface area (Å²) in [5, 5.41) is 14.7. The molecule has 1 N–H and O–H groups in total. The quantitative estimate of drug-likeness (QED) is 0.492. The molecule has 0 spiro atoms. The van der Waals surface area contributed by atoms with Crippen LogP contribution in [0.1, 0.15) is 11.8 Å². The summed E-state index contributed by atoms with van der Waals surface area (Å²) < 4.78 is 32.7. The van der Waals surface area contributed by atoms with Crippen LogP contribution < -0.4 is 5.32 Å². The van der Waals surface area contributed by atoms with E-state index in [1.807, 2.05) is 37.0 Å². The number of rotatable bonds is 8. The topological polar surface area (TPSA) is 112 Å². The number of nitro groups is 1. The Morgan fingerprint density at radius 1 is 1.23 bits per heavy atom. The highest BCUT2D eigenvalue weighted by Crippen LogP contribution is 2.30. The van der Waals surface area contributed by atoms with Crippen molar-refractivity contribution in [2.45, 2.75) is 10.9 Å². The van der Waals surface area contributed by atoms with Gasteiger partial charge in [-0.05, 0) is 45.4 Å². The van der Waals surface area contributed by atoms with Gasteiger partial charge in [-0.1, -0.05) is 0 Å². The van der Waals surface area contributed by atoms with Gasteiger partial charge in [0.2, 0.25) is 10.0 Å². The van der Waals surface area contributed by atoms with Crippen LogP contribution >= 0.6 is 0 Å². The van der Waals surface area contributed by atoms with E-state index < -0.39 is 14.9 Å². The lowest BCUT2D eigenvalue weighted by Crippen LogP contribution is -2.47. The van der Waals surface area contributed by atoms with Crippen molar-refractivity contribution in [3.63, 3.8) is 0 Å².